The van der Waals surface area contributed by atoms with E-state index in [1.165, 1.54) is 0 Å². The summed E-state index contributed by atoms with van der Waals surface area (Å²) in [6.07, 6.45) is -0.971. The number of carboxylic acids is 2. The predicted molar refractivity (Wildman–Crippen MR) is 65.4 cm³/mol. The molecule has 10 heteroatoms. The molecule has 0 aliphatic heterocycles. The van der Waals surface area contributed by atoms with Crippen LogP contribution < -0.4 is 4.72 Å². The molecule has 1 atom stereocenters. The Hall–Kier alpha value is -1.71. The lowest BCUT2D eigenvalue weighted by Crippen LogP contribution is -2.42. The van der Waals surface area contributed by atoms with Gasteiger partial charge in [-0.2, -0.15) is 4.72 Å². The van der Waals surface area contributed by atoms with Crippen molar-refractivity contribution in [1.29, 1.82) is 0 Å². The van der Waals surface area contributed by atoms with E-state index in [-0.39, 0.29) is 5.02 Å². The Balaban J connectivity index is 3.12. The highest BCUT2D eigenvalue weighted by Gasteiger charge is 2.29. The van der Waals surface area contributed by atoms with Gasteiger partial charge in [-0.25, -0.2) is 12.8 Å². The van der Waals surface area contributed by atoms with Gasteiger partial charge in [0.2, 0.25) is 10.0 Å². The van der Waals surface area contributed by atoms with Crippen LogP contribution in [0, 0.1) is 5.82 Å². The molecule has 0 unspecified atom stereocenters. The maximum atomic E-state index is 13.0. The highest BCUT2D eigenvalue weighted by Crippen LogP contribution is 2.22. The van der Waals surface area contributed by atoms with E-state index in [0.29, 0.717) is 6.07 Å². The van der Waals surface area contributed by atoms with Crippen molar-refractivity contribution in [3.8, 4) is 0 Å². The van der Waals surface area contributed by atoms with Gasteiger partial charge in [-0.3, -0.25) is 9.59 Å². The van der Waals surface area contributed by atoms with E-state index in [2.05, 4.69) is 0 Å². The first kappa shape index (κ1) is 16.3. The highest BCUT2D eigenvalue weighted by atomic mass is 35.5. The number of carbonyl (C=O) groups is 2. The van der Waals surface area contributed by atoms with E-state index >= 15 is 0 Å². The van der Waals surface area contributed by atoms with Crippen LogP contribution in [0.5, 0.6) is 0 Å². The second-order valence-electron chi connectivity index (χ2n) is 3.68. The Kier molecular flexibility index (Phi) is 5.03. The molecule has 0 amide bonds. The van der Waals surface area contributed by atoms with Crippen molar-refractivity contribution in [1.82, 2.24) is 4.72 Å². The third-order valence-electron chi connectivity index (χ3n) is 2.16. The average Bonchev–Trinajstić information content (AvgIpc) is 2.30. The summed E-state index contributed by atoms with van der Waals surface area (Å²) in [5, 5.41) is 17.0. The number of carboxylic acid groups (broad SMARTS) is 2. The minimum absolute atomic E-state index is 0.321. The first-order chi connectivity index (χ1) is 9.13. The van der Waals surface area contributed by atoms with Gasteiger partial charge in [-0.05, 0) is 18.2 Å². The summed E-state index contributed by atoms with van der Waals surface area (Å²) in [6.45, 7) is 0. The number of aliphatic carboxylic acids is 2. The zero-order valence-electron chi connectivity index (χ0n) is 9.71. The van der Waals surface area contributed by atoms with Gasteiger partial charge in [0.25, 0.3) is 0 Å². The van der Waals surface area contributed by atoms with Crippen molar-refractivity contribution < 1.29 is 32.6 Å². The molecule has 1 aromatic carbocycles. The standard InChI is InChI=1S/C10H9ClFNO6S/c11-6-2-1-5(12)3-8(6)20(18,19)13-7(10(16)17)4-9(14)15/h1-3,7,13H,4H2,(H,14,15)(H,16,17)/t7-/m1/s1. The fraction of sp³-hybridized carbons (Fsp3) is 0.200. The summed E-state index contributed by atoms with van der Waals surface area (Å²) in [7, 11) is -4.47. The summed E-state index contributed by atoms with van der Waals surface area (Å²) in [5.74, 6) is -4.08. The molecular weight excluding hydrogens is 317 g/mol. The van der Waals surface area contributed by atoms with Crippen molar-refractivity contribution in [2.24, 2.45) is 0 Å². The van der Waals surface area contributed by atoms with E-state index < -0.39 is 45.1 Å². The van der Waals surface area contributed by atoms with Gasteiger partial charge >= 0.3 is 11.9 Å². The van der Waals surface area contributed by atoms with Crippen molar-refractivity contribution in [2.45, 2.75) is 17.4 Å². The van der Waals surface area contributed by atoms with Crippen molar-refractivity contribution in [2.75, 3.05) is 0 Å². The molecule has 0 heterocycles. The van der Waals surface area contributed by atoms with Crippen LogP contribution in [-0.4, -0.2) is 36.6 Å². The number of benzene rings is 1. The molecule has 3 N–H and O–H groups in total. The van der Waals surface area contributed by atoms with Gasteiger partial charge in [0.1, 0.15) is 16.8 Å². The summed E-state index contributed by atoms with van der Waals surface area (Å²) in [5.41, 5.74) is 0. The smallest absolute Gasteiger partial charge is 0.322 e. The quantitative estimate of drug-likeness (QED) is 0.707. The lowest BCUT2D eigenvalue weighted by molar-refractivity contribution is -0.145. The maximum Gasteiger partial charge on any atom is 0.322 e. The van der Waals surface area contributed by atoms with Gasteiger partial charge in [-0.15, -0.1) is 0 Å². The summed E-state index contributed by atoms with van der Waals surface area (Å²) >= 11 is 5.60. The number of rotatable bonds is 6. The zero-order valence-corrected chi connectivity index (χ0v) is 11.3. The SMILES string of the molecule is O=C(O)C[C@@H](NS(=O)(=O)c1cc(F)ccc1Cl)C(=O)O. The van der Waals surface area contributed by atoms with Crippen LogP contribution in [0.4, 0.5) is 4.39 Å². The van der Waals surface area contributed by atoms with Gasteiger partial charge in [0.05, 0.1) is 11.4 Å². The zero-order chi connectivity index (χ0) is 15.5. The van der Waals surface area contributed by atoms with Crippen LogP contribution in [-0.2, 0) is 19.6 Å². The molecule has 0 aliphatic carbocycles. The number of hydrogen-bond donors (Lipinski definition) is 3. The molecule has 0 spiro atoms. The third kappa shape index (κ3) is 4.15. The highest BCUT2D eigenvalue weighted by molar-refractivity contribution is 7.89. The normalized spacial score (nSPS) is 12.9. The summed E-state index contributed by atoms with van der Waals surface area (Å²) in [4.78, 5) is 20.6. The molecule has 0 aromatic heterocycles. The number of halogens is 2. The van der Waals surface area contributed by atoms with Gasteiger partial charge in [0.15, 0.2) is 0 Å². The Morgan fingerprint density at radius 3 is 2.45 bits per heavy atom. The molecule has 1 aromatic rings. The van der Waals surface area contributed by atoms with Crippen molar-refractivity contribution in [3.63, 3.8) is 0 Å². The van der Waals surface area contributed by atoms with Crippen LogP contribution in [0.1, 0.15) is 6.42 Å². The molecule has 110 valence electrons. The van der Waals surface area contributed by atoms with Crippen LogP contribution in [0.2, 0.25) is 5.02 Å². The van der Waals surface area contributed by atoms with E-state index in [1.54, 1.807) is 4.72 Å². The minimum Gasteiger partial charge on any atom is -0.481 e. The van der Waals surface area contributed by atoms with E-state index in [0.717, 1.165) is 12.1 Å². The average molecular weight is 326 g/mol. The number of sulfonamides is 1. The summed E-state index contributed by atoms with van der Waals surface area (Å²) in [6, 6.07) is 0.618. The molecule has 0 saturated carbocycles. The van der Waals surface area contributed by atoms with E-state index in [9.17, 15) is 22.4 Å². The molecule has 0 radical (unpaired) electrons. The van der Waals surface area contributed by atoms with Crippen LogP contribution in [0.25, 0.3) is 0 Å². The third-order valence-corrected chi connectivity index (χ3v) is 4.11. The summed E-state index contributed by atoms with van der Waals surface area (Å²) < 4.78 is 38.4. The van der Waals surface area contributed by atoms with Crippen LogP contribution >= 0.6 is 11.6 Å². The van der Waals surface area contributed by atoms with Crippen molar-refractivity contribution >= 4 is 33.6 Å². The molecule has 0 aliphatic rings. The Morgan fingerprint density at radius 2 is 1.95 bits per heavy atom. The number of hydrogen-bond acceptors (Lipinski definition) is 4. The lowest BCUT2D eigenvalue weighted by Gasteiger charge is -2.13. The Labute approximate surface area is 118 Å². The molecule has 0 fully saturated rings. The molecule has 1 rings (SSSR count). The lowest BCUT2D eigenvalue weighted by atomic mass is 10.2. The molecule has 20 heavy (non-hydrogen) atoms. The van der Waals surface area contributed by atoms with Crippen LogP contribution in [0.15, 0.2) is 23.1 Å². The first-order valence-corrected chi connectivity index (χ1v) is 6.91. The number of nitrogens with one attached hydrogen (secondary N) is 1. The monoisotopic (exact) mass is 325 g/mol. The van der Waals surface area contributed by atoms with Gasteiger partial charge in [-0.1, -0.05) is 11.6 Å². The predicted octanol–water partition coefficient (Wildman–Crippen LogP) is 0.685. The largest absolute Gasteiger partial charge is 0.481 e. The Bertz CT molecular complexity index is 647. The first-order valence-electron chi connectivity index (χ1n) is 5.05. The fourth-order valence-corrected chi connectivity index (χ4v) is 2.99. The second-order valence-corrected chi connectivity index (χ2v) is 5.77. The van der Waals surface area contributed by atoms with E-state index in [4.69, 9.17) is 21.8 Å². The molecule has 0 saturated heterocycles. The molecular formula is C10H9ClFNO6S. The second kappa shape index (κ2) is 6.16. The van der Waals surface area contributed by atoms with E-state index in [1.807, 2.05) is 0 Å². The molecule has 0 bridgehead atoms. The van der Waals surface area contributed by atoms with Crippen molar-refractivity contribution in [3.05, 3.63) is 29.0 Å². The fourth-order valence-electron chi connectivity index (χ4n) is 1.29. The van der Waals surface area contributed by atoms with Gasteiger partial charge in [0, 0.05) is 0 Å². The van der Waals surface area contributed by atoms with Gasteiger partial charge < -0.3 is 10.2 Å². The van der Waals surface area contributed by atoms with Crippen LogP contribution in [0.3, 0.4) is 0 Å². The minimum atomic E-state index is -4.47. The topological polar surface area (TPSA) is 121 Å². The maximum absolute atomic E-state index is 13.0. The molecule has 7 nitrogen and oxygen atoms in total. The Morgan fingerprint density at radius 1 is 1.35 bits per heavy atom.